The van der Waals surface area contributed by atoms with Crippen LogP contribution in [-0.4, -0.2) is 13.1 Å². The summed E-state index contributed by atoms with van der Waals surface area (Å²) in [6.45, 7) is 0. The Morgan fingerprint density at radius 1 is 1.25 bits per heavy atom. The number of methoxy groups -OCH3 is 1. The Bertz CT molecular complexity index is 371. The zero-order valence-electron chi connectivity index (χ0n) is 9.53. The second-order valence-electron chi connectivity index (χ2n) is 3.45. The zero-order chi connectivity index (χ0) is 11.6. The first-order valence-electron chi connectivity index (χ1n) is 5.39. The number of hydrogen-bond acceptors (Lipinski definition) is 2. The molecular formula is C14H16O2. The van der Waals surface area contributed by atoms with Gasteiger partial charge in [0.15, 0.2) is 0 Å². The summed E-state index contributed by atoms with van der Waals surface area (Å²) in [5, 5.41) is 0. The Hall–Kier alpha value is -1.75. The first-order valence-corrected chi connectivity index (χ1v) is 5.39. The first kappa shape index (κ1) is 12.3. The highest BCUT2D eigenvalue weighted by Gasteiger charge is 1.96. The van der Waals surface area contributed by atoms with Crippen LogP contribution >= 0.6 is 0 Å². The van der Waals surface area contributed by atoms with Gasteiger partial charge in [0.2, 0.25) is 0 Å². The van der Waals surface area contributed by atoms with Crippen LogP contribution in [0.4, 0.5) is 0 Å². The van der Waals surface area contributed by atoms with E-state index < -0.39 is 0 Å². The molecule has 0 saturated carbocycles. The normalized spacial score (nSPS) is 9.06. The summed E-state index contributed by atoms with van der Waals surface area (Å²) in [6, 6.07) is 10.1. The molecule has 0 atom stereocenters. The van der Waals surface area contributed by atoms with Crippen LogP contribution < -0.4 is 0 Å². The van der Waals surface area contributed by atoms with Crippen molar-refractivity contribution in [1.29, 1.82) is 0 Å². The van der Waals surface area contributed by atoms with E-state index in [2.05, 4.69) is 28.7 Å². The van der Waals surface area contributed by atoms with E-state index in [9.17, 15) is 4.79 Å². The minimum absolute atomic E-state index is 0.162. The fraction of sp³-hybridized carbons (Fsp3) is 0.357. The zero-order valence-corrected chi connectivity index (χ0v) is 9.53. The lowest BCUT2D eigenvalue weighted by Gasteiger charge is -1.94. The van der Waals surface area contributed by atoms with Crippen LogP contribution in [0.3, 0.4) is 0 Å². The van der Waals surface area contributed by atoms with E-state index in [-0.39, 0.29) is 5.97 Å². The largest absolute Gasteiger partial charge is 0.469 e. The molecular weight excluding hydrogens is 200 g/mol. The van der Waals surface area contributed by atoms with Gasteiger partial charge in [0.25, 0.3) is 0 Å². The summed E-state index contributed by atoms with van der Waals surface area (Å²) in [5.74, 6) is 5.98. The van der Waals surface area contributed by atoms with Crippen LogP contribution in [-0.2, 0) is 16.0 Å². The van der Waals surface area contributed by atoms with E-state index in [1.807, 2.05) is 18.2 Å². The molecule has 2 heteroatoms. The van der Waals surface area contributed by atoms with Crippen molar-refractivity contribution >= 4 is 5.97 Å². The highest BCUT2D eigenvalue weighted by atomic mass is 16.5. The predicted molar refractivity (Wildman–Crippen MR) is 63.8 cm³/mol. The second kappa shape index (κ2) is 7.53. The number of unbranched alkanes of at least 4 members (excludes halogenated alkanes) is 1. The van der Waals surface area contributed by atoms with Crippen molar-refractivity contribution in [2.24, 2.45) is 0 Å². The summed E-state index contributed by atoms with van der Waals surface area (Å²) < 4.78 is 4.54. The predicted octanol–water partition coefficient (Wildman–Crippen LogP) is 2.58. The molecule has 0 aliphatic heterocycles. The summed E-state index contributed by atoms with van der Waals surface area (Å²) in [5.41, 5.74) is 1.22. The van der Waals surface area contributed by atoms with Gasteiger partial charge in [-0.3, -0.25) is 4.79 Å². The number of rotatable bonds is 4. The monoisotopic (exact) mass is 216 g/mol. The molecule has 1 rings (SSSR count). The van der Waals surface area contributed by atoms with Crippen molar-refractivity contribution in [1.82, 2.24) is 0 Å². The molecule has 0 spiro atoms. The smallest absolute Gasteiger partial charge is 0.305 e. The number of ether oxygens (including phenoxy) is 1. The van der Waals surface area contributed by atoms with Crippen molar-refractivity contribution in [3.8, 4) is 11.8 Å². The van der Waals surface area contributed by atoms with Gasteiger partial charge in [-0.15, -0.1) is 5.92 Å². The maximum atomic E-state index is 10.8. The van der Waals surface area contributed by atoms with Crippen LogP contribution in [0, 0.1) is 11.8 Å². The van der Waals surface area contributed by atoms with Gasteiger partial charge in [-0.25, -0.2) is 0 Å². The molecule has 2 nitrogen and oxygen atoms in total. The van der Waals surface area contributed by atoms with Gasteiger partial charge in [-0.05, 0) is 12.0 Å². The molecule has 0 amide bonds. The average molecular weight is 216 g/mol. The third-order valence-corrected chi connectivity index (χ3v) is 2.17. The van der Waals surface area contributed by atoms with Crippen LogP contribution in [0.15, 0.2) is 30.3 Å². The van der Waals surface area contributed by atoms with Gasteiger partial charge in [0.1, 0.15) is 0 Å². The van der Waals surface area contributed by atoms with Gasteiger partial charge in [0, 0.05) is 19.3 Å². The maximum absolute atomic E-state index is 10.8. The van der Waals surface area contributed by atoms with Crippen LogP contribution in [0.5, 0.6) is 0 Å². The van der Waals surface area contributed by atoms with Crippen LogP contribution in [0.2, 0.25) is 0 Å². The molecule has 0 unspecified atom stereocenters. The standard InChI is InChI=1S/C14H16O2/c1-16-14(15)12-8-3-2-5-9-13-10-6-4-7-11-13/h4,6-7,10-11H,3,8-9,12H2,1H3. The maximum Gasteiger partial charge on any atom is 0.305 e. The average Bonchev–Trinajstić information content (AvgIpc) is 2.34. The van der Waals surface area contributed by atoms with Gasteiger partial charge in [0.05, 0.1) is 7.11 Å². The molecule has 1 aromatic carbocycles. The lowest BCUT2D eigenvalue weighted by Crippen LogP contribution is -1.98. The van der Waals surface area contributed by atoms with Crippen molar-refractivity contribution < 1.29 is 9.53 Å². The molecule has 16 heavy (non-hydrogen) atoms. The Morgan fingerprint density at radius 3 is 2.69 bits per heavy atom. The lowest BCUT2D eigenvalue weighted by molar-refractivity contribution is -0.140. The number of benzene rings is 1. The van der Waals surface area contributed by atoms with Crippen molar-refractivity contribution in [3.05, 3.63) is 35.9 Å². The molecule has 0 aromatic heterocycles. The van der Waals surface area contributed by atoms with E-state index in [4.69, 9.17) is 0 Å². The Labute approximate surface area is 96.6 Å². The first-order chi connectivity index (χ1) is 7.83. The minimum Gasteiger partial charge on any atom is -0.469 e. The summed E-state index contributed by atoms with van der Waals surface area (Å²) in [7, 11) is 1.41. The Morgan fingerprint density at radius 2 is 2.00 bits per heavy atom. The highest BCUT2D eigenvalue weighted by molar-refractivity contribution is 5.69. The van der Waals surface area contributed by atoms with Gasteiger partial charge in [-0.2, -0.15) is 0 Å². The quantitative estimate of drug-likeness (QED) is 0.439. The number of carbonyl (C=O) groups excluding carboxylic acids is 1. The number of carbonyl (C=O) groups is 1. The summed E-state index contributed by atoms with van der Waals surface area (Å²) in [4.78, 5) is 10.8. The van der Waals surface area contributed by atoms with E-state index in [1.165, 1.54) is 12.7 Å². The molecule has 0 heterocycles. The SMILES string of the molecule is COC(=O)CCCC#CCc1ccccc1. The lowest BCUT2D eigenvalue weighted by atomic mass is 10.1. The van der Waals surface area contributed by atoms with E-state index in [1.54, 1.807) is 0 Å². The fourth-order valence-corrected chi connectivity index (χ4v) is 1.27. The third-order valence-electron chi connectivity index (χ3n) is 2.17. The van der Waals surface area contributed by atoms with Crippen LogP contribution in [0.25, 0.3) is 0 Å². The highest BCUT2D eigenvalue weighted by Crippen LogP contribution is 1.99. The molecule has 0 radical (unpaired) electrons. The Balaban J connectivity index is 2.17. The van der Waals surface area contributed by atoms with Crippen molar-refractivity contribution in [2.75, 3.05) is 7.11 Å². The molecule has 0 N–H and O–H groups in total. The summed E-state index contributed by atoms with van der Waals surface area (Å²) >= 11 is 0. The topological polar surface area (TPSA) is 26.3 Å². The van der Waals surface area contributed by atoms with Gasteiger partial charge >= 0.3 is 5.97 Å². The van der Waals surface area contributed by atoms with Crippen molar-refractivity contribution in [2.45, 2.75) is 25.7 Å². The number of esters is 1. The van der Waals surface area contributed by atoms with Gasteiger partial charge in [-0.1, -0.05) is 36.3 Å². The molecule has 0 aliphatic carbocycles. The molecule has 0 bridgehead atoms. The van der Waals surface area contributed by atoms with E-state index in [0.29, 0.717) is 6.42 Å². The molecule has 84 valence electrons. The fourth-order valence-electron chi connectivity index (χ4n) is 1.27. The van der Waals surface area contributed by atoms with E-state index in [0.717, 1.165) is 19.3 Å². The third kappa shape index (κ3) is 5.21. The van der Waals surface area contributed by atoms with Gasteiger partial charge < -0.3 is 4.74 Å². The second-order valence-corrected chi connectivity index (χ2v) is 3.45. The molecule has 0 fully saturated rings. The van der Waals surface area contributed by atoms with Crippen molar-refractivity contribution in [3.63, 3.8) is 0 Å². The van der Waals surface area contributed by atoms with E-state index >= 15 is 0 Å². The molecule has 0 aliphatic rings. The molecule has 0 saturated heterocycles. The molecule has 1 aromatic rings. The number of hydrogen-bond donors (Lipinski definition) is 0. The van der Waals surface area contributed by atoms with Crippen LogP contribution in [0.1, 0.15) is 24.8 Å². The summed E-state index contributed by atoms with van der Waals surface area (Å²) in [6.07, 6.45) is 2.76. The Kier molecular flexibility index (Phi) is 5.80. The minimum atomic E-state index is -0.162.